The van der Waals surface area contributed by atoms with Gasteiger partial charge < -0.3 is 16.0 Å². The molecule has 3 heterocycles. The van der Waals surface area contributed by atoms with Crippen LogP contribution in [0, 0.1) is 0 Å². The number of hydrogen-bond acceptors (Lipinski definition) is 4. The van der Waals surface area contributed by atoms with Crippen LogP contribution in [0.5, 0.6) is 0 Å². The number of anilines is 1. The predicted molar refractivity (Wildman–Crippen MR) is 104 cm³/mol. The number of nitrogens with one attached hydrogen (secondary N) is 3. The molecule has 136 valence electrons. The number of carbonyl (C=O) groups is 2. The summed E-state index contributed by atoms with van der Waals surface area (Å²) in [4.78, 5) is 28.0. The Morgan fingerprint density at radius 1 is 1.23 bits per heavy atom. The molecule has 4 rings (SSSR count). The van der Waals surface area contributed by atoms with Gasteiger partial charge in [0, 0.05) is 29.0 Å². The lowest BCUT2D eigenvalue weighted by molar-refractivity contribution is -0.116. The van der Waals surface area contributed by atoms with E-state index >= 15 is 0 Å². The first-order valence-corrected chi connectivity index (χ1v) is 10.1. The van der Waals surface area contributed by atoms with Gasteiger partial charge in [-0.15, -0.1) is 0 Å². The molecule has 26 heavy (non-hydrogen) atoms. The second-order valence-electron chi connectivity index (χ2n) is 6.79. The number of thioether (sulfide) groups is 1. The lowest BCUT2D eigenvalue weighted by Crippen LogP contribution is -2.36. The fourth-order valence-electron chi connectivity index (χ4n) is 3.70. The van der Waals surface area contributed by atoms with Gasteiger partial charge in [0.1, 0.15) is 0 Å². The highest BCUT2D eigenvalue weighted by Gasteiger charge is 2.42. The normalized spacial score (nSPS) is 24.2. The molecule has 2 aliphatic heterocycles. The third-order valence-corrected chi connectivity index (χ3v) is 6.51. The zero-order valence-corrected chi connectivity index (χ0v) is 15.2. The van der Waals surface area contributed by atoms with Gasteiger partial charge in [0.15, 0.2) is 0 Å². The molecule has 2 fully saturated rings. The van der Waals surface area contributed by atoms with E-state index < -0.39 is 0 Å². The molecular weight excluding hydrogens is 348 g/mol. The SMILES string of the molecule is O=C(CCCC[C@@H]1SC[C@@H]2NC(=O)N[C@@H]21)Nc1cccc2ncccc12. The summed E-state index contributed by atoms with van der Waals surface area (Å²) in [7, 11) is 0. The maximum Gasteiger partial charge on any atom is 0.315 e. The molecule has 2 aromatic rings. The number of benzene rings is 1. The molecule has 1 aromatic carbocycles. The number of fused-ring (bicyclic) bond motifs is 2. The van der Waals surface area contributed by atoms with Crippen LogP contribution in [0.25, 0.3) is 10.9 Å². The van der Waals surface area contributed by atoms with Crippen LogP contribution in [0.1, 0.15) is 25.7 Å². The Hall–Kier alpha value is -2.28. The first-order valence-electron chi connectivity index (χ1n) is 9.03. The number of nitrogens with zero attached hydrogens (tertiary/aromatic N) is 1. The average Bonchev–Trinajstić information content (AvgIpc) is 3.18. The smallest absolute Gasteiger partial charge is 0.315 e. The van der Waals surface area contributed by atoms with Gasteiger partial charge in [-0.2, -0.15) is 11.8 Å². The summed E-state index contributed by atoms with van der Waals surface area (Å²) in [5, 5.41) is 10.4. The topological polar surface area (TPSA) is 83.1 Å². The van der Waals surface area contributed by atoms with E-state index in [1.54, 1.807) is 6.20 Å². The Morgan fingerprint density at radius 2 is 2.15 bits per heavy atom. The first kappa shape index (κ1) is 17.1. The molecule has 0 spiro atoms. The van der Waals surface area contributed by atoms with Crippen molar-refractivity contribution in [3.63, 3.8) is 0 Å². The molecule has 0 unspecified atom stereocenters. The molecule has 0 aliphatic carbocycles. The van der Waals surface area contributed by atoms with Crippen LogP contribution in [0.4, 0.5) is 10.5 Å². The minimum Gasteiger partial charge on any atom is -0.332 e. The van der Waals surface area contributed by atoms with Crippen LogP contribution in [0.2, 0.25) is 0 Å². The van der Waals surface area contributed by atoms with Crippen molar-refractivity contribution in [3.8, 4) is 0 Å². The van der Waals surface area contributed by atoms with Crippen LogP contribution < -0.4 is 16.0 Å². The fraction of sp³-hybridized carbons (Fsp3) is 0.421. The van der Waals surface area contributed by atoms with Crippen molar-refractivity contribution in [1.82, 2.24) is 15.6 Å². The van der Waals surface area contributed by atoms with Crippen molar-refractivity contribution < 1.29 is 9.59 Å². The van der Waals surface area contributed by atoms with Crippen molar-refractivity contribution in [1.29, 1.82) is 0 Å². The van der Waals surface area contributed by atoms with Crippen molar-refractivity contribution >= 4 is 40.3 Å². The number of carbonyl (C=O) groups excluding carboxylic acids is 2. The van der Waals surface area contributed by atoms with E-state index in [9.17, 15) is 9.59 Å². The summed E-state index contributed by atoms with van der Waals surface area (Å²) in [5.74, 6) is 1.01. The van der Waals surface area contributed by atoms with Crippen LogP contribution in [0.15, 0.2) is 36.5 Å². The van der Waals surface area contributed by atoms with Crippen LogP contribution in [-0.2, 0) is 4.79 Å². The second kappa shape index (κ2) is 7.53. The molecule has 3 N–H and O–H groups in total. The Kier molecular flexibility index (Phi) is 4.97. The van der Waals surface area contributed by atoms with Gasteiger partial charge in [0.2, 0.25) is 5.91 Å². The zero-order valence-electron chi connectivity index (χ0n) is 14.4. The summed E-state index contributed by atoms with van der Waals surface area (Å²) in [5.41, 5.74) is 1.69. The minimum atomic E-state index is -0.0470. The number of pyridine rings is 1. The zero-order chi connectivity index (χ0) is 17.9. The average molecular weight is 370 g/mol. The van der Waals surface area contributed by atoms with E-state index in [0.717, 1.165) is 41.6 Å². The number of rotatable bonds is 6. The number of urea groups is 1. The van der Waals surface area contributed by atoms with Gasteiger partial charge in [0.25, 0.3) is 0 Å². The number of hydrogen-bond donors (Lipinski definition) is 3. The summed E-state index contributed by atoms with van der Waals surface area (Å²) in [6.07, 6.45) is 5.12. The molecule has 2 saturated heterocycles. The number of unbranched alkanes of at least 4 members (excludes halogenated alkanes) is 1. The maximum absolute atomic E-state index is 12.3. The highest BCUT2D eigenvalue weighted by Crippen LogP contribution is 2.33. The highest BCUT2D eigenvalue weighted by molar-refractivity contribution is 8.00. The van der Waals surface area contributed by atoms with Gasteiger partial charge in [-0.25, -0.2) is 4.79 Å². The minimum absolute atomic E-state index is 0.0362. The van der Waals surface area contributed by atoms with Crippen molar-refractivity contribution in [3.05, 3.63) is 36.5 Å². The monoisotopic (exact) mass is 370 g/mol. The summed E-state index contributed by atoms with van der Waals surface area (Å²) in [6, 6.07) is 10.1. The molecule has 0 bridgehead atoms. The molecule has 2 aliphatic rings. The van der Waals surface area contributed by atoms with E-state index in [2.05, 4.69) is 20.9 Å². The number of amides is 3. The van der Waals surface area contributed by atoms with Crippen LogP contribution in [-0.4, -0.2) is 40.0 Å². The molecule has 7 heteroatoms. The van der Waals surface area contributed by atoms with Gasteiger partial charge >= 0.3 is 6.03 Å². The fourth-order valence-corrected chi connectivity index (χ4v) is 5.24. The van der Waals surface area contributed by atoms with Crippen molar-refractivity contribution in [2.45, 2.75) is 43.0 Å². The predicted octanol–water partition coefficient (Wildman–Crippen LogP) is 2.90. The molecule has 0 saturated carbocycles. The second-order valence-corrected chi connectivity index (χ2v) is 8.06. The Morgan fingerprint density at radius 3 is 3.08 bits per heavy atom. The molecule has 6 nitrogen and oxygen atoms in total. The van der Waals surface area contributed by atoms with Gasteiger partial charge in [-0.1, -0.05) is 12.5 Å². The van der Waals surface area contributed by atoms with E-state index in [-0.39, 0.29) is 24.0 Å². The quantitative estimate of drug-likeness (QED) is 0.539. The first-order chi connectivity index (χ1) is 12.7. The summed E-state index contributed by atoms with van der Waals surface area (Å²) < 4.78 is 0. The van der Waals surface area contributed by atoms with E-state index in [1.165, 1.54) is 0 Å². The lowest BCUT2D eigenvalue weighted by Gasteiger charge is -2.16. The summed E-state index contributed by atoms with van der Waals surface area (Å²) in [6.45, 7) is 0. The van der Waals surface area contributed by atoms with Gasteiger partial charge in [-0.05, 0) is 37.1 Å². The molecular formula is C19H22N4O2S. The molecule has 3 atom stereocenters. The Bertz CT molecular complexity index is 823. The third kappa shape index (κ3) is 3.62. The van der Waals surface area contributed by atoms with Crippen molar-refractivity contribution in [2.75, 3.05) is 11.1 Å². The maximum atomic E-state index is 12.3. The van der Waals surface area contributed by atoms with Crippen molar-refractivity contribution in [2.24, 2.45) is 0 Å². The lowest BCUT2D eigenvalue weighted by atomic mass is 10.0. The molecule has 0 radical (unpaired) electrons. The summed E-state index contributed by atoms with van der Waals surface area (Å²) >= 11 is 1.91. The van der Waals surface area contributed by atoms with E-state index in [1.807, 2.05) is 42.1 Å². The Labute approximate surface area is 156 Å². The van der Waals surface area contributed by atoms with Crippen LogP contribution in [0.3, 0.4) is 0 Å². The Balaban J connectivity index is 1.24. The van der Waals surface area contributed by atoms with E-state index in [4.69, 9.17) is 0 Å². The molecule has 3 amide bonds. The number of aromatic nitrogens is 1. The molecule has 1 aromatic heterocycles. The third-order valence-electron chi connectivity index (χ3n) is 5.00. The van der Waals surface area contributed by atoms with E-state index in [0.29, 0.717) is 11.7 Å². The van der Waals surface area contributed by atoms with Gasteiger partial charge in [0.05, 0.1) is 23.3 Å². The van der Waals surface area contributed by atoms with Gasteiger partial charge in [-0.3, -0.25) is 9.78 Å². The highest BCUT2D eigenvalue weighted by atomic mass is 32.2. The largest absolute Gasteiger partial charge is 0.332 e. The standard InChI is InChI=1S/C19H22N4O2S/c24-17(21-14-7-3-6-13-12(14)5-4-10-20-13)9-2-1-8-16-18-15(11-26-16)22-19(25)23-18/h3-7,10,15-16,18H,1-2,8-9,11H2,(H,21,24)(H2,22,23,25)/t15-,16-,18-/m0/s1. The van der Waals surface area contributed by atoms with Crippen LogP contribution >= 0.6 is 11.8 Å².